The normalized spacial score (nSPS) is 13.1. The Morgan fingerprint density at radius 3 is 2.38 bits per heavy atom. The maximum Gasteiger partial charge on any atom is 0.429 e. The first-order valence-electron chi connectivity index (χ1n) is 9.01. The number of alkyl halides is 3. The first-order chi connectivity index (χ1) is 13.8. The van der Waals surface area contributed by atoms with Gasteiger partial charge in [0.15, 0.2) is 0 Å². The number of rotatable bonds is 8. The van der Waals surface area contributed by atoms with E-state index in [0.717, 1.165) is 0 Å². The molecule has 2 rings (SSSR count). The van der Waals surface area contributed by atoms with Gasteiger partial charge in [-0.15, -0.1) is 0 Å². The summed E-state index contributed by atoms with van der Waals surface area (Å²) in [5.41, 5.74) is 1.58. The number of ether oxygens (including phenoxy) is 2. The monoisotopic (exact) mass is 407 g/mol. The summed E-state index contributed by atoms with van der Waals surface area (Å²) in [6.45, 7) is 5.65. The van der Waals surface area contributed by atoms with Crippen LogP contribution in [0.3, 0.4) is 0 Å². The van der Waals surface area contributed by atoms with Gasteiger partial charge in [0.25, 0.3) is 0 Å². The Balaban J connectivity index is 2.35. The van der Waals surface area contributed by atoms with Crippen LogP contribution in [0.5, 0.6) is 11.5 Å². The molecule has 29 heavy (non-hydrogen) atoms. The Morgan fingerprint density at radius 1 is 1.10 bits per heavy atom. The SMILES string of the molecule is C/C=C/COc1cc(C)c(OC(c2cccc(C=NOC)c2)C(F)(F)F)c(C)c1. The number of oxime groups is 1. The molecule has 0 aliphatic carbocycles. The first kappa shape index (κ1) is 22.3. The number of halogens is 3. The van der Waals surface area contributed by atoms with Crippen LogP contribution >= 0.6 is 0 Å². The Bertz CT molecular complexity index is 853. The van der Waals surface area contributed by atoms with Gasteiger partial charge in [0.2, 0.25) is 6.10 Å². The van der Waals surface area contributed by atoms with Gasteiger partial charge in [0.05, 0.1) is 6.21 Å². The molecule has 1 unspecified atom stereocenters. The van der Waals surface area contributed by atoms with E-state index < -0.39 is 12.3 Å². The van der Waals surface area contributed by atoms with E-state index in [1.807, 2.05) is 19.1 Å². The van der Waals surface area contributed by atoms with E-state index in [1.54, 1.807) is 32.0 Å². The summed E-state index contributed by atoms with van der Waals surface area (Å²) in [5, 5.41) is 3.59. The number of hydrogen-bond acceptors (Lipinski definition) is 4. The van der Waals surface area contributed by atoms with Crippen molar-refractivity contribution < 1.29 is 27.5 Å². The maximum absolute atomic E-state index is 13.8. The molecule has 2 aromatic carbocycles. The summed E-state index contributed by atoms with van der Waals surface area (Å²) >= 11 is 0. The molecule has 0 fully saturated rings. The molecule has 7 heteroatoms. The van der Waals surface area contributed by atoms with E-state index in [4.69, 9.17) is 9.47 Å². The second kappa shape index (κ2) is 10.0. The third-order valence-electron chi connectivity index (χ3n) is 4.07. The fraction of sp³-hybridized carbons (Fsp3) is 0.318. The standard InChI is InChI=1S/C22H24F3NO3/c1-5-6-10-28-19-11-15(2)20(16(3)12-19)29-21(22(23,24)25)18-9-7-8-17(13-18)14-26-27-4/h5-9,11-14,21H,10H2,1-4H3/b6-5+,26-14?. The van der Waals surface area contributed by atoms with Crippen LogP contribution in [0.4, 0.5) is 13.2 Å². The summed E-state index contributed by atoms with van der Waals surface area (Å²) in [4.78, 5) is 4.59. The van der Waals surface area contributed by atoms with Gasteiger partial charge in [-0.05, 0) is 55.7 Å². The zero-order valence-electron chi connectivity index (χ0n) is 16.8. The van der Waals surface area contributed by atoms with Crippen LogP contribution in [-0.2, 0) is 4.84 Å². The highest BCUT2D eigenvalue weighted by Crippen LogP contribution is 2.40. The van der Waals surface area contributed by atoms with Crippen molar-refractivity contribution in [3.8, 4) is 11.5 Å². The largest absolute Gasteiger partial charge is 0.490 e. The van der Waals surface area contributed by atoms with E-state index in [0.29, 0.717) is 29.0 Å². The molecule has 0 radical (unpaired) electrons. The van der Waals surface area contributed by atoms with Gasteiger partial charge in [0, 0.05) is 5.56 Å². The molecule has 4 nitrogen and oxygen atoms in total. The van der Waals surface area contributed by atoms with Crippen LogP contribution in [0.15, 0.2) is 53.7 Å². The predicted octanol–water partition coefficient (Wildman–Crippen LogP) is 5.92. The van der Waals surface area contributed by atoms with Crippen molar-refractivity contribution in [1.82, 2.24) is 0 Å². The second-order valence-corrected chi connectivity index (χ2v) is 6.39. The van der Waals surface area contributed by atoms with Gasteiger partial charge in [-0.1, -0.05) is 35.5 Å². The number of aryl methyl sites for hydroxylation is 2. The number of nitrogens with zero attached hydrogens (tertiary/aromatic N) is 1. The molecule has 0 aliphatic heterocycles. The molecule has 0 heterocycles. The molecular weight excluding hydrogens is 383 g/mol. The topological polar surface area (TPSA) is 40.0 Å². The number of hydrogen-bond donors (Lipinski definition) is 0. The van der Waals surface area contributed by atoms with E-state index in [9.17, 15) is 13.2 Å². The highest BCUT2D eigenvalue weighted by Gasteiger charge is 2.43. The van der Waals surface area contributed by atoms with Crippen molar-refractivity contribution in [2.45, 2.75) is 33.1 Å². The average molecular weight is 407 g/mol. The van der Waals surface area contributed by atoms with Crippen molar-refractivity contribution in [1.29, 1.82) is 0 Å². The van der Waals surface area contributed by atoms with Gasteiger partial charge >= 0.3 is 6.18 Å². The zero-order chi connectivity index (χ0) is 21.4. The molecular formula is C22H24F3NO3. The van der Waals surface area contributed by atoms with Gasteiger partial charge in [0.1, 0.15) is 25.2 Å². The fourth-order valence-electron chi connectivity index (χ4n) is 2.78. The van der Waals surface area contributed by atoms with Gasteiger partial charge in [-0.2, -0.15) is 13.2 Å². The highest BCUT2D eigenvalue weighted by atomic mass is 19.4. The van der Waals surface area contributed by atoms with Crippen molar-refractivity contribution in [2.24, 2.45) is 5.16 Å². The lowest BCUT2D eigenvalue weighted by atomic mass is 10.0. The predicted molar refractivity (Wildman–Crippen MR) is 107 cm³/mol. The van der Waals surface area contributed by atoms with E-state index >= 15 is 0 Å². The minimum atomic E-state index is -4.60. The Labute approximate surface area is 168 Å². The van der Waals surface area contributed by atoms with Crippen LogP contribution in [0.1, 0.15) is 35.3 Å². The summed E-state index contributed by atoms with van der Waals surface area (Å²) in [7, 11) is 1.36. The molecule has 0 saturated carbocycles. The summed E-state index contributed by atoms with van der Waals surface area (Å²) in [6.07, 6.45) is -1.68. The van der Waals surface area contributed by atoms with Crippen LogP contribution in [0.2, 0.25) is 0 Å². The van der Waals surface area contributed by atoms with Gasteiger partial charge in [-0.25, -0.2) is 0 Å². The van der Waals surface area contributed by atoms with E-state index in [-0.39, 0.29) is 11.3 Å². The van der Waals surface area contributed by atoms with E-state index in [2.05, 4.69) is 9.99 Å². The molecule has 0 N–H and O–H groups in total. The molecule has 1 atom stereocenters. The van der Waals surface area contributed by atoms with Crippen LogP contribution in [0.25, 0.3) is 0 Å². The lowest BCUT2D eigenvalue weighted by Crippen LogP contribution is -2.26. The summed E-state index contributed by atoms with van der Waals surface area (Å²) in [6, 6.07) is 9.24. The fourth-order valence-corrected chi connectivity index (χ4v) is 2.78. The molecule has 0 bridgehead atoms. The Kier molecular flexibility index (Phi) is 7.70. The smallest absolute Gasteiger partial charge is 0.429 e. The number of benzene rings is 2. The van der Waals surface area contributed by atoms with Gasteiger partial charge < -0.3 is 14.3 Å². The third-order valence-corrected chi connectivity index (χ3v) is 4.07. The lowest BCUT2D eigenvalue weighted by molar-refractivity contribution is -0.198. The van der Waals surface area contributed by atoms with Crippen molar-refractivity contribution in [3.05, 3.63) is 70.8 Å². The zero-order valence-corrected chi connectivity index (χ0v) is 16.8. The van der Waals surface area contributed by atoms with Crippen LogP contribution in [0, 0.1) is 13.8 Å². The molecule has 0 spiro atoms. The van der Waals surface area contributed by atoms with Gasteiger partial charge in [-0.3, -0.25) is 0 Å². The van der Waals surface area contributed by atoms with Crippen molar-refractivity contribution in [2.75, 3.05) is 13.7 Å². The van der Waals surface area contributed by atoms with E-state index in [1.165, 1.54) is 31.5 Å². The lowest BCUT2D eigenvalue weighted by Gasteiger charge is -2.25. The molecule has 0 saturated heterocycles. The van der Waals surface area contributed by atoms with Crippen molar-refractivity contribution >= 4 is 6.21 Å². The average Bonchev–Trinajstić information content (AvgIpc) is 2.65. The highest BCUT2D eigenvalue weighted by molar-refractivity contribution is 5.79. The summed E-state index contributed by atoms with van der Waals surface area (Å²) < 4.78 is 52.5. The molecule has 0 aliphatic rings. The van der Waals surface area contributed by atoms with Crippen molar-refractivity contribution in [3.63, 3.8) is 0 Å². The summed E-state index contributed by atoms with van der Waals surface area (Å²) in [5.74, 6) is 0.758. The quantitative estimate of drug-likeness (QED) is 0.310. The molecule has 0 amide bonds. The second-order valence-electron chi connectivity index (χ2n) is 6.39. The molecule has 0 aromatic heterocycles. The molecule has 156 valence electrons. The Hall–Kier alpha value is -2.96. The minimum absolute atomic E-state index is 0.0234. The molecule has 2 aromatic rings. The first-order valence-corrected chi connectivity index (χ1v) is 9.01. The third kappa shape index (κ3) is 6.27. The van der Waals surface area contributed by atoms with Crippen LogP contribution < -0.4 is 9.47 Å². The maximum atomic E-state index is 13.8. The Morgan fingerprint density at radius 2 is 1.79 bits per heavy atom. The minimum Gasteiger partial charge on any atom is -0.490 e. The number of allylic oxidation sites excluding steroid dienone is 1. The van der Waals surface area contributed by atoms with Crippen LogP contribution in [-0.4, -0.2) is 26.1 Å².